The van der Waals surface area contributed by atoms with Crippen LogP contribution < -0.4 is 10.2 Å². The minimum Gasteiger partial charge on any atom is -0.325 e. The Morgan fingerprint density at radius 3 is 2.48 bits per heavy atom. The summed E-state index contributed by atoms with van der Waals surface area (Å²) in [4.78, 5) is 22.6. The van der Waals surface area contributed by atoms with Gasteiger partial charge >= 0.3 is 6.03 Å². The van der Waals surface area contributed by atoms with Crippen molar-refractivity contribution in [3.05, 3.63) is 89.0 Å². The van der Waals surface area contributed by atoms with Crippen molar-refractivity contribution in [2.75, 3.05) is 23.3 Å². The molecule has 2 fully saturated rings. The van der Waals surface area contributed by atoms with E-state index in [1.54, 1.807) is 17.0 Å². The summed E-state index contributed by atoms with van der Waals surface area (Å²) in [6.45, 7) is 5.56. The molecule has 2 amide bonds. The average molecular weight is 560 g/mol. The largest absolute Gasteiger partial charge is 0.326 e. The Morgan fingerprint density at radius 1 is 1.02 bits per heavy atom. The van der Waals surface area contributed by atoms with Gasteiger partial charge in [-0.1, -0.05) is 29.8 Å². The Hall–Kier alpha value is -3.42. The number of nitrogens with zero attached hydrogens (tertiary/aromatic N) is 4. The Balaban J connectivity index is 1.14. The van der Waals surface area contributed by atoms with Gasteiger partial charge < -0.3 is 9.88 Å². The summed E-state index contributed by atoms with van der Waals surface area (Å²) in [6.07, 6.45) is 5.53. The number of urea groups is 1. The number of piperidine rings is 1. The molecule has 3 aromatic carbocycles. The summed E-state index contributed by atoms with van der Waals surface area (Å²) >= 11 is 6.43. The molecule has 8 heteroatoms. The smallest absolute Gasteiger partial charge is 0.325 e. The fraction of sp³-hybridized carbons (Fsp3) is 0.375. The molecule has 6 nitrogen and oxygen atoms in total. The van der Waals surface area contributed by atoms with Crippen LogP contribution in [0, 0.1) is 19.7 Å². The lowest BCUT2D eigenvalue weighted by atomic mass is 9.96. The maximum Gasteiger partial charge on any atom is 0.326 e. The molecule has 0 radical (unpaired) electrons. The fourth-order valence-electron chi connectivity index (χ4n) is 6.68. The number of nitrogens with one attached hydrogen (secondary N) is 1. The summed E-state index contributed by atoms with van der Waals surface area (Å²) in [6, 6.07) is 21.3. The number of rotatable bonds is 7. The van der Waals surface area contributed by atoms with Crippen molar-refractivity contribution in [1.82, 2.24) is 14.5 Å². The first-order valence-corrected chi connectivity index (χ1v) is 14.5. The van der Waals surface area contributed by atoms with Crippen LogP contribution >= 0.6 is 11.6 Å². The van der Waals surface area contributed by atoms with Gasteiger partial charge in [0.15, 0.2) is 0 Å². The first kappa shape index (κ1) is 26.8. The minimum atomic E-state index is -0.338. The molecule has 3 heterocycles. The van der Waals surface area contributed by atoms with Crippen molar-refractivity contribution in [3.63, 3.8) is 0 Å². The third-order valence-electron chi connectivity index (χ3n) is 8.60. The van der Waals surface area contributed by atoms with Crippen molar-refractivity contribution in [2.24, 2.45) is 0 Å². The van der Waals surface area contributed by atoms with E-state index in [1.807, 2.05) is 25.1 Å². The Kier molecular flexibility index (Phi) is 7.51. The summed E-state index contributed by atoms with van der Waals surface area (Å²) in [7, 11) is 0. The van der Waals surface area contributed by atoms with Gasteiger partial charge in [0.25, 0.3) is 0 Å². The monoisotopic (exact) mass is 559 g/mol. The molecule has 1 N–H and O–H groups in total. The van der Waals surface area contributed by atoms with Crippen LogP contribution in [0.25, 0.3) is 11.0 Å². The van der Waals surface area contributed by atoms with Gasteiger partial charge in [0.05, 0.1) is 11.0 Å². The average Bonchev–Trinajstić information content (AvgIpc) is 3.39. The van der Waals surface area contributed by atoms with Crippen molar-refractivity contribution in [3.8, 4) is 0 Å². The molecule has 1 aromatic heterocycles. The molecular formula is C32H35ClFN5O. The zero-order valence-electron chi connectivity index (χ0n) is 23.0. The zero-order chi connectivity index (χ0) is 27.8. The van der Waals surface area contributed by atoms with E-state index in [4.69, 9.17) is 16.6 Å². The van der Waals surface area contributed by atoms with E-state index >= 15 is 0 Å². The standard InChI is InChI=1S/C32H35ClFN5O/c1-21-8-13-27(20-29(21)33)38(32(40)36-24-11-9-23(34)10-12-24)17-5-16-37-25-14-15-26(37)19-28(18-25)39-22(2)35-30-6-3-4-7-31(30)39/h3-4,6-13,20,25-26,28H,5,14-19H2,1-2H3,(H,36,40)/t25-,26-/m1/s1. The maximum atomic E-state index is 13.4. The normalized spacial score (nSPS) is 20.6. The second-order valence-electron chi connectivity index (χ2n) is 11.1. The fourth-order valence-corrected chi connectivity index (χ4v) is 6.86. The van der Waals surface area contributed by atoms with Gasteiger partial charge in [0, 0.05) is 47.6 Å². The predicted molar refractivity (Wildman–Crippen MR) is 160 cm³/mol. The van der Waals surface area contributed by atoms with Crippen molar-refractivity contribution >= 4 is 40.0 Å². The SMILES string of the molecule is Cc1ccc(N(CCCN2[C@@H]3CC[C@@H]2CC(n2c(C)nc4ccccc42)C3)C(=O)Nc2ccc(F)cc2)cc1Cl. The number of amides is 2. The first-order valence-electron chi connectivity index (χ1n) is 14.2. The molecule has 2 bridgehead atoms. The number of anilines is 2. The number of para-hydroxylation sites is 2. The second kappa shape index (κ2) is 11.2. The molecular weight excluding hydrogens is 525 g/mol. The van der Waals surface area contributed by atoms with Gasteiger partial charge in [-0.25, -0.2) is 14.2 Å². The van der Waals surface area contributed by atoms with Crippen LogP contribution in [0.3, 0.4) is 0 Å². The van der Waals surface area contributed by atoms with Gasteiger partial charge in [-0.15, -0.1) is 0 Å². The van der Waals surface area contributed by atoms with E-state index in [2.05, 4.69) is 46.0 Å². The van der Waals surface area contributed by atoms with Gasteiger partial charge in [0.1, 0.15) is 11.6 Å². The second-order valence-corrected chi connectivity index (χ2v) is 11.5. The van der Waals surface area contributed by atoms with Crippen molar-refractivity contribution in [1.29, 1.82) is 0 Å². The number of aryl methyl sites for hydroxylation is 2. The molecule has 40 heavy (non-hydrogen) atoms. The molecule has 2 aliphatic heterocycles. The Morgan fingerprint density at radius 2 is 1.75 bits per heavy atom. The van der Waals surface area contributed by atoms with Crippen LogP contribution in [0.15, 0.2) is 66.7 Å². The van der Waals surface area contributed by atoms with Crippen LogP contribution in [-0.4, -0.2) is 45.7 Å². The predicted octanol–water partition coefficient (Wildman–Crippen LogP) is 7.74. The highest BCUT2D eigenvalue weighted by Crippen LogP contribution is 2.42. The molecule has 2 saturated heterocycles. The van der Waals surface area contributed by atoms with Gasteiger partial charge in [-0.05, 0) is 100 Å². The number of hydrogen-bond donors (Lipinski definition) is 1. The summed E-state index contributed by atoms with van der Waals surface area (Å²) < 4.78 is 15.8. The maximum absolute atomic E-state index is 13.4. The Bertz CT molecular complexity index is 1510. The molecule has 0 aliphatic carbocycles. The molecule has 2 atom stereocenters. The molecule has 0 saturated carbocycles. The molecule has 6 rings (SSSR count). The number of carbonyl (C=O) groups is 1. The Labute approximate surface area is 239 Å². The first-order chi connectivity index (χ1) is 19.4. The summed E-state index contributed by atoms with van der Waals surface area (Å²) in [5.74, 6) is 0.758. The molecule has 2 aliphatic rings. The number of hydrogen-bond acceptors (Lipinski definition) is 3. The highest BCUT2D eigenvalue weighted by atomic mass is 35.5. The van der Waals surface area contributed by atoms with E-state index in [1.165, 1.54) is 30.5 Å². The number of carbonyl (C=O) groups excluding carboxylic acids is 1. The third-order valence-corrected chi connectivity index (χ3v) is 9.01. The van der Waals surface area contributed by atoms with E-state index < -0.39 is 0 Å². The number of imidazole rings is 1. The molecule has 208 valence electrons. The van der Waals surface area contributed by atoms with Crippen LogP contribution in [0.2, 0.25) is 5.02 Å². The topological polar surface area (TPSA) is 53.4 Å². The van der Waals surface area contributed by atoms with Crippen LogP contribution in [-0.2, 0) is 0 Å². The number of aromatic nitrogens is 2. The summed E-state index contributed by atoms with van der Waals surface area (Å²) in [5, 5.41) is 3.54. The summed E-state index contributed by atoms with van der Waals surface area (Å²) in [5.41, 5.74) is 4.57. The van der Waals surface area contributed by atoms with Crippen LogP contribution in [0.5, 0.6) is 0 Å². The lowest BCUT2D eigenvalue weighted by Crippen LogP contribution is -2.45. The third kappa shape index (κ3) is 5.32. The van der Waals surface area contributed by atoms with Gasteiger partial charge in [0.2, 0.25) is 0 Å². The number of fused-ring (bicyclic) bond motifs is 3. The highest BCUT2D eigenvalue weighted by Gasteiger charge is 2.41. The van der Waals surface area contributed by atoms with Gasteiger partial charge in [-0.2, -0.15) is 0 Å². The molecule has 4 aromatic rings. The van der Waals surface area contributed by atoms with Crippen LogP contribution in [0.4, 0.5) is 20.6 Å². The van der Waals surface area contributed by atoms with Gasteiger partial charge in [-0.3, -0.25) is 9.80 Å². The number of halogens is 2. The lowest BCUT2D eigenvalue weighted by molar-refractivity contribution is 0.107. The van der Waals surface area contributed by atoms with E-state index in [-0.39, 0.29) is 11.8 Å². The van der Waals surface area contributed by atoms with E-state index in [0.29, 0.717) is 35.4 Å². The van der Waals surface area contributed by atoms with Crippen molar-refractivity contribution < 1.29 is 9.18 Å². The van der Waals surface area contributed by atoms with Crippen LogP contribution in [0.1, 0.15) is 49.5 Å². The minimum absolute atomic E-state index is 0.254. The van der Waals surface area contributed by atoms with E-state index in [0.717, 1.165) is 48.4 Å². The highest BCUT2D eigenvalue weighted by molar-refractivity contribution is 6.31. The quantitative estimate of drug-likeness (QED) is 0.252. The zero-order valence-corrected chi connectivity index (χ0v) is 23.7. The number of benzene rings is 3. The van der Waals surface area contributed by atoms with Crippen molar-refractivity contribution in [2.45, 2.75) is 64.1 Å². The molecule has 0 spiro atoms. The lowest BCUT2D eigenvalue weighted by Gasteiger charge is -2.40. The van der Waals surface area contributed by atoms with E-state index in [9.17, 15) is 9.18 Å². The molecule has 0 unspecified atom stereocenters.